The van der Waals surface area contributed by atoms with Gasteiger partial charge < -0.3 is 0 Å². The van der Waals surface area contributed by atoms with Gasteiger partial charge in [-0.05, 0) is 23.2 Å². The lowest BCUT2D eigenvalue weighted by Gasteiger charge is -2.28. The molecule has 0 saturated heterocycles. The summed E-state index contributed by atoms with van der Waals surface area (Å²) in [5.74, 6) is -1.33. The van der Waals surface area contributed by atoms with Crippen LogP contribution in [0.5, 0.6) is 0 Å². The average Bonchev–Trinajstić information content (AvgIpc) is 3.00. The molecule has 1 aromatic heterocycles. The fraction of sp³-hybridized carbons (Fsp3) is 0.200. The van der Waals surface area contributed by atoms with E-state index < -0.39 is 34.4 Å². The highest BCUT2D eigenvalue weighted by Crippen LogP contribution is 2.27. The third kappa shape index (κ3) is 1.55. The van der Waals surface area contributed by atoms with Crippen LogP contribution < -0.4 is 0 Å². The predicted octanol–water partition coefficient (Wildman–Crippen LogP) is -0.0974. The second kappa shape index (κ2) is 4.22. The normalized spacial score (nSPS) is 23.8. The van der Waals surface area contributed by atoms with Crippen LogP contribution in [0.1, 0.15) is 25.8 Å². The van der Waals surface area contributed by atoms with Gasteiger partial charge in [0.15, 0.2) is 11.7 Å². The Morgan fingerprint density at radius 3 is 2.55 bits per heavy atom. The molecule has 0 saturated carbocycles. The minimum Gasteiger partial charge on any atom is -0.282 e. The maximum Gasteiger partial charge on any atom is 0.279 e. The standard InChI is InChI=1S/C10H4Cl2N4O4/c11-7(17)3-5-10(20)16-2-14-4(8(12)18)6(16)9(19)15(5)1-13-3/h1-3,5H. The van der Waals surface area contributed by atoms with Crippen LogP contribution >= 0.6 is 23.2 Å². The van der Waals surface area contributed by atoms with Gasteiger partial charge in [0.2, 0.25) is 5.24 Å². The first-order chi connectivity index (χ1) is 9.43. The lowest BCUT2D eigenvalue weighted by Crippen LogP contribution is -2.54. The molecule has 0 radical (unpaired) electrons. The number of carbonyl (C=O) groups is 4. The van der Waals surface area contributed by atoms with Crippen LogP contribution in [0.4, 0.5) is 0 Å². The molecule has 0 aliphatic carbocycles. The number of aromatic nitrogens is 2. The van der Waals surface area contributed by atoms with Crippen molar-refractivity contribution in [1.29, 1.82) is 0 Å². The molecule has 2 unspecified atom stereocenters. The summed E-state index contributed by atoms with van der Waals surface area (Å²) in [6.45, 7) is 0. The Morgan fingerprint density at radius 1 is 1.25 bits per heavy atom. The van der Waals surface area contributed by atoms with Crippen LogP contribution in [-0.2, 0) is 4.79 Å². The summed E-state index contributed by atoms with van der Waals surface area (Å²) < 4.78 is 0.890. The minimum absolute atomic E-state index is 0.250. The molecule has 1 amide bonds. The van der Waals surface area contributed by atoms with E-state index in [1.807, 2.05) is 0 Å². The molecule has 0 fully saturated rings. The first-order valence-corrected chi connectivity index (χ1v) is 6.05. The molecule has 20 heavy (non-hydrogen) atoms. The molecule has 102 valence electrons. The van der Waals surface area contributed by atoms with Crippen LogP contribution in [0.25, 0.3) is 0 Å². The summed E-state index contributed by atoms with van der Waals surface area (Å²) >= 11 is 10.7. The van der Waals surface area contributed by atoms with Gasteiger partial charge in [-0.15, -0.1) is 0 Å². The Labute approximate surface area is 121 Å². The van der Waals surface area contributed by atoms with Gasteiger partial charge >= 0.3 is 0 Å². The number of imidazole rings is 1. The monoisotopic (exact) mass is 314 g/mol. The Bertz CT molecular complexity index is 710. The van der Waals surface area contributed by atoms with E-state index in [0.717, 1.165) is 22.1 Å². The lowest BCUT2D eigenvalue weighted by molar-refractivity contribution is -0.113. The number of halogens is 2. The lowest BCUT2D eigenvalue weighted by atomic mass is 10.1. The number of hydrogen-bond donors (Lipinski definition) is 0. The fourth-order valence-corrected chi connectivity index (χ4v) is 2.51. The Morgan fingerprint density at radius 2 is 1.95 bits per heavy atom. The smallest absolute Gasteiger partial charge is 0.279 e. The van der Waals surface area contributed by atoms with Gasteiger partial charge in [0.1, 0.15) is 18.1 Å². The van der Waals surface area contributed by atoms with E-state index in [1.165, 1.54) is 0 Å². The summed E-state index contributed by atoms with van der Waals surface area (Å²) in [6.07, 6.45) is 2.06. The first-order valence-electron chi connectivity index (χ1n) is 5.30. The number of rotatable bonds is 2. The number of carbonyl (C=O) groups excluding carboxylic acids is 4. The van der Waals surface area contributed by atoms with Crippen LogP contribution in [0.3, 0.4) is 0 Å². The van der Waals surface area contributed by atoms with E-state index in [-0.39, 0.29) is 11.4 Å². The molecule has 3 rings (SSSR count). The highest BCUT2D eigenvalue weighted by Gasteiger charge is 2.49. The van der Waals surface area contributed by atoms with Crippen molar-refractivity contribution in [2.45, 2.75) is 12.1 Å². The summed E-state index contributed by atoms with van der Waals surface area (Å²) in [6, 6.07) is -2.33. The number of fused-ring (bicyclic) bond motifs is 2. The van der Waals surface area contributed by atoms with Crippen molar-refractivity contribution in [3.05, 3.63) is 17.7 Å². The molecular weight excluding hydrogens is 311 g/mol. The second-order valence-electron chi connectivity index (χ2n) is 4.09. The van der Waals surface area contributed by atoms with Gasteiger partial charge in [-0.25, -0.2) is 4.98 Å². The quantitative estimate of drug-likeness (QED) is 0.709. The van der Waals surface area contributed by atoms with E-state index >= 15 is 0 Å². The maximum atomic E-state index is 12.3. The van der Waals surface area contributed by atoms with Crippen molar-refractivity contribution in [3.63, 3.8) is 0 Å². The summed E-state index contributed by atoms with van der Waals surface area (Å²) in [7, 11) is 0. The average molecular weight is 315 g/mol. The predicted molar refractivity (Wildman–Crippen MR) is 66.1 cm³/mol. The van der Waals surface area contributed by atoms with E-state index in [1.54, 1.807) is 0 Å². The van der Waals surface area contributed by atoms with Gasteiger partial charge in [0.25, 0.3) is 17.1 Å². The van der Waals surface area contributed by atoms with Crippen molar-refractivity contribution in [1.82, 2.24) is 14.5 Å². The largest absolute Gasteiger partial charge is 0.282 e. The van der Waals surface area contributed by atoms with Crippen LogP contribution in [0.15, 0.2) is 11.3 Å². The molecule has 10 heteroatoms. The van der Waals surface area contributed by atoms with Gasteiger partial charge in [-0.1, -0.05) is 0 Å². The molecule has 2 aliphatic rings. The van der Waals surface area contributed by atoms with E-state index in [4.69, 9.17) is 23.2 Å². The van der Waals surface area contributed by atoms with E-state index in [2.05, 4.69) is 9.98 Å². The summed E-state index contributed by atoms with van der Waals surface area (Å²) in [5.41, 5.74) is -0.571. The van der Waals surface area contributed by atoms with Crippen LogP contribution in [0.2, 0.25) is 0 Å². The maximum absolute atomic E-state index is 12.3. The number of hydrogen-bond acceptors (Lipinski definition) is 6. The van der Waals surface area contributed by atoms with Crippen molar-refractivity contribution in [2.75, 3.05) is 0 Å². The zero-order valence-corrected chi connectivity index (χ0v) is 11.0. The van der Waals surface area contributed by atoms with Crippen molar-refractivity contribution in [3.8, 4) is 0 Å². The van der Waals surface area contributed by atoms with Crippen molar-refractivity contribution < 1.29 is 19.2 Å². The first kappa shape index (κ1) is 12.9. The molecule has 8 nitrogen and oxygen atoms in total. The molecule has 0 spiro atoms. The molecule has 1 aromatic rings. The molecule has 0 N–H and O–H groups in total. The van der Waals surface area contributed by atoms with Crippen LogP contribution in [0, 0.1) is 0 Å². The SMILES string of the molecule is O=C(Cl)c1ncn2c1C(=O)N1C=NC(C(=O)Cl)C1C2=O. The zero-order chi connectivity index (χ0) is 14.6. The Hall–Kier alpha value is -2.06. The molecule has 3 heterocycles. The number of amides is 1. The van der Waals surface area contributed by atoms with Gasteiger partial charge in [-0.3, -0.25) is 33.6 Å². The molecule has 2 atom stereocenters. The van der Waals surface area contributed by atoms with E-state index in [0.29, 0.717) is 0 Å². The molecule has 0 bridgehead atoms. The second-order valence-corrected chi connectivity index (χ2v) is 4.81. The molecule has 2 aliphatic heterocycles. The third-order valence-electron chi connectivity index (χ3n) is 3.06. The number of aliphatic imine (C=N–C) groups is 1. The highest BCUT2D eigenvalue weighted by molar-refractivity contribution is 6.68. The molecular formula is C10H4Cl2N4O4. The third-order valence-corrected chi connectivity index (χ3v) is 3.47. The summed E-state index contributed by atoms with van der Waals surface area (Å²) in [5, 5.41) is -1.81. The highest BCUT2D eigenvalue weighted by atomic mass is 35.5. The number of nitrogens with zero attached hydrogens (tertiary/aromatic N) is 4. The summed E-state index contributed by atoms with van der Waals surface area (Å²) in [4.78, 5) is 55.3. The van der Waals surface area contributed by atoms with Crippen molar-refractivity contribution in [2.24, 2.45) is 4.99 Å². The van der Waals surface area contributed by atoms with Crippen molar-refractivity contribution >= 4 is 51.8 Å². The van der Waals surface area contributed by atoms with Crippen LogP contribution in [-0.4, -0.2) is 55.2 Å². The Balaban J connectivity index is 2.16. The fourth-order valence-electron chi connectivity index (χ4n) is 2.19. The Kier molecular flexibility index (Phi) is 2.73. The van der Waals surface area contributed by atoms with Gasteiger partial charge in [0, 0.05) is 0 Å². The molecule has 0 aromatic carbocycles. The topological polar surface area (TPSA) is 102 Å². The van der Waals surface area contributed by atoms with E-state index in [9.17, 15) is 19.2 Å². The minimum atomic E-state index is -1.17. The van der Waals surface area contributed by atoms with Gasteiger partial charge in [-0.2, -0.15) is 0 Å². The van der Waals surface area contributed by atoms with Gasteiger partial charge in [0.05, 0.1) is 6.34 Å². The zero-order valence-electron chi connectivity index (χ0n) is 9.49.